The highest BCUT2D eigenvalue weighted by atomic mass is 32.2. The number of carbonyl (C=O) groups is 2. The highest BCUT2D eigenvalue weighted by molar-refractivity contribution is 8.06. The number of hydrogen-bond donors (Lipinski definition) is 2. The zero-order chi connectivity index (χ0) is 28.0. The van der Waals surface area contributed by atoms with Crippen molar-refractivity contribution in [2.75, 3.05) is 26.7 Å². The number of hydrogen-bond acceptors (Lipinski definition) is 5. The van der Waals surface area contributed by atoms with Gasteiger partial charge in [-0.15, -0.1) is 0 Å². The lowest BCUT2D eigenvalue weighted by Gasteiger charge is -2.30. The first kappa shape index (κ1) is 31.0. The Morgan fingerprint density at radius 2 is 1.84 bits per heavy atom. The Bertz CT molecular complexity index is 1060. The molecule has 206 valence electrons. The van der Waals surface area contributed by atoms with Crippen LogP contribution in [0.2, 0.25) is 0 Å². The molecule has 0 radical (unpaired) electrons. The predicted octanol–water partition coefficient (Wildman–Crippen LogP) is 5.94. The second kappa shape index (κ2) is 15.9. The summed E-state index contributed by atoms with van der Waals surface area (Å²) >= 11 is 1.53. The van der Waals surface area contributed by atoms with Gasteiger partial charge in [0.1, 0.15) is 11.9 Å². The number of carbonyl (C=O) groups excluding carboxylic acids is 1. The summed E-state index contributed by atoms with van der Waals surface area (Å²) in [5.41, 5.74) is 1.30. The normalized spacial score (nSPS) is 14.4. The van der Waals surface area contributed by atoms with E-state index in [0.717, 1.165) is 52.6 Å². The van der Waals surface area contributed by atoms with Gasteiger partial charge in [-0.05, 0) is 49.4 Å². The van der Waals surface area contributed by atoms with Gasteiger partial charge in [0.15, 0.2) is 0 Å². The SMILES string of the molecule is C=C(CN(CC(F)Cc1ccccc1)C(=O)C1(c2ccc(OC)cc2)CC1)S/C(=C/CC)NCC.O=CO. The molecule has 1 unspecified atom stereocenters. The Kier molecular flexibility index (Phi) is 12.9. The van der Waals surface area contributed by atoms with E-state index in [2.05, 4.69) is 24.9 Å². The molecule has 0 saturated heterocycles. The summed E-state index contributed by atoms with van der Waals surface area (Å²) in [6.07, 6.45) is 3.65. The molecule has 1 fully saturated rings. The minimum atomic E-state index is -1.16. The Balaban J connectivity index is 0.00000161. The molecular weight excluding hydrogens is 503 g/mol. The van der Waals surface area contributed by atoms with E-state index in [1.807, 2.05) is 61.5 Å². The number of alkyl halides is 1. The molecule has 8 heteroatoms. The van der Waals surface area contributed by atoms with E-state index in [1.165, 1.54) is 11.8 Å². The molecule has 2 aromatic rings. The van der Waals surface area contributed by atoms with Gasteiger partial charge in [0.25, 0.3) is 6.47 Å². The molecule has 0 heterocycles. The predicted molar refractivity (Wildman–Crippen MR) is 153 cm³/mol. The smallest absolute Gasteiger partial charge is 0.290 e. The summed E-state index contributed by atoms with van der Waals surface area (Å²) in [6, 6.07) is 17.3. The zero-order valence-electron chi connectivity index (χ0n) is 22.5. The maximum absolute atomic E-state index is 15.3. The van der Waals surface area contributed by atoms with Crippen molar-refractivity contribution in [2.24, 2.45) is 0 Å². The molecule has 6 nitrogen and oxygen atoms in total. The van der Waals surface area contributed by atoms with Crippen LogP contribution in [0.1, 0.15) is 44.2 Å². The van der Waals surface area contributed by atoms with Gasteiger partial charge < -0.3 is 20.1 Å². The second-order valence-corrected chi connectivity index (χ2v) is 10.3. The number of allylic oxidation sites excluding steroid dienone is 1. The van der Waals surface area contributed by atoms with Gasteiger partial charge in [-0.2, -0.15) is 0 Å². The van der Waals surface area contributed by atoms with E-state index >= 15 is 4.39 Å². The highest BCUT2D eigenvalue weighted by Gasteiger charge is 2.53. The number of nitrogens with one attached hydrogen (secondary N) is 1. The topological polar surface area (TPSA) is 78.9 Å². The molecule has 1 aliphatic carbocycles. The number of ether oxygens (including phenoxy) is 1. The first-order valence-corrected chi connectivity index (χ1v) is 13.6. The van der Waals surface area contributed by atoms with Gasteiger partial charge in [-0.1, -0.05) is 73.8 Å². The van der Waals surface area contributed by atoms with Crippen LogP contribution in [0.25, 0.3) is 0 Å². The molecule has 2 aromatic carbocycles. The van der Waals surface area contributed by atoms with E-state index < -0.39 is 11.6 Å². The molecule has 1 saturated carbocycles. The summed E-state index contributed by atoms with van der Waals surface area (Å²) < 4.78 is 20.6. The Labute approximate surface area is 230 Å². The molecule has 2 N–H and O–H groups in total. The number of nitrogens with zero attached hydrogens (tertiary/aromatic N) is 1. The van der Waals surface area contributed by atoms with Crippen LogP contribution in [0.3, 0.4) is 0 Å². The number of amides is 1. The Morgan fingerprint density at radius 1 is 1.21 bits per heavy atom. The van der Waals surface area contributed by atoms with Crippen molar-refractivity contribution in [3.05, 3.63) is 88.3 Å². The van der Waals surface area contributed by atoms with Crippen molar-refractivity contribution < 1.29 is 23.8 Å². The second-order valence-electron chi connectivity index (χ2n) is 9.04. The van der Waals surface area contributed by atoms with Crippen LogP contribution in [-0.2, 0) is 21.4 Å². The van der Waals surface area contributed by atoms with Crippen LogP contribution in [0, 0.1) is 0 Å². The van der Waals surface area contributed by atoms with Crippen molar-refractivity contribution in [1.82, 2.24) is 10.2 Å². The molecule has 38 heavy (non-hydrogen) atoms. The third kappa shape index (κ3) is 9.24. The maximum Gasteiger partial charge on any atom is 0.290 e. The molecule has 0 spiro atoms. The van der Waals surface area contributed by atoms with Gasteiger partial charge >= 0.3 is 0 Å². The van der Waals surface area contributed by atoms with Gasteiger partial charge in [0.2, 0.25) is 5.91 Å². The van der Waals surface area contributed by atoms with Gasteiger partial charge in [-0.25, -0.2) is 4.39 Å². The average molecular weight is 543 g/mol. The first-order valence-electron chi connectivity index (χ1n) is 12.8. The average Bonchev–Trinajstić information content (AvgIpc) is 3.71. The third-order valence-corrected chi connectivity index (χ3v) is 7.12. The van der Waals surface area contributed by atoms with Crippen molar-refractivity contribution in [1.29, 1.82) is 0 Å². The zero-order valence-corrected chi connectivity index (χ0v) is 23.3. The minimum absolute atomic E-state index is 0.0235. The van der Waals surface area contributed by atoms with Crippen LogP contribution in [0.5, 0.6) is 5.75 Å². The van der Waals surface area contributed by atoms with Crippen molar-refractivity contribution in [3.8, 4) is 5.75 Å². The van der Waals surface area contributed by atoms with Gasteiger partial charge in [0.05, 0.1) is 30.6 Å². The first-order chi connectivity index (χ1) is 18.3. The van der Waals surface area contributed by atoms with E-state index in [-0.39, 0.29) is 25.3 Å². The molecule has 0 aromatic heterocycles. The molecular formula is C30H39FN2O4S. The van der Waals surface area contributed by atoms with Crippen molar-refractivity contribution >= 4 is 24.1 Å². The molecule has 0 aliphatic heterocycles. The van der Waals surface area contributed by atoms with Crippen LogP contribution >= 0.6 is 11.8 Å². The molecule has 0 bridgehead atoms. The monoisotopic (exact) mass is 542 g/mol. The van der Waals surface area contributed by atoms with Crippen LogP contribution in [0.4, 0.5) is 4.39 Å². The van der Waals surface area contributed by atoms with Gasteiger partial charge in [0, 0.05) is 17.9 Å². The summed E-state index contributed by atoms with van der Waals surface area (Å²) in [6.45, 7) is 9.25. The summed E-state index contributed by atoms with van der Waals surface area (Å²) in [7, 11) is 1.63. The fourth-order valence-corrected chi connectivity index (χ4v) is 5.26. The molecule has 1 amide bonds. The largest absolute Gasteiger partial charge is 0.497 e. The van der Waals surface area contributed by atoms with Crippen LogP contribution in [-0.4, -0.2) is 55.3 Å². The van der Waals surface area contributed by atoms with Crippen molar-refractivity contribution in [2.45, 2.75) is 51.1 Å². The van der Waals surface area contributed by atoms with Crippen molar-refractivity contribution in [3.63, 3.8) is 0 Å². The van der Waals surface area contributed by atoms with Gasteiger partial charge in [-0.3, -0.25) is 9.59 Å². The lowest BCUT2D eigenvalue weighted by Crippen LogP contribution is -2.43. The quantitative estimate of drug-likeness (QED) is 0.288. The highest BCUT2D eigenvalue weighted by Crippen LogP contribution is 2.50. The van der Waals surface area contributed by atoms with Crippen LogP contribution in [0.15, 0.2) is 77.2 Å². The molecule has 1 aliphatic rings. The van der Waals surface area contributed by atoms with E-state index in [0.29, 0.717) is 6.54 Å². The number of carboxylic acid groups (broad SMARTS) is 1. The summed E-state index contributed by atoms with van der Waals surface area (Å²) in [5, 5.41) is 11.3. The fraction of sp³-hybridized carbons (Fsp3) is 0.400. The minimum Gasteiger partial charge on any atom is -0.497 e. The van der Waals surface area contributed by atoms with E-state index in [1.54, 1.807) is 12.0 Å². The number of benzene rings is 2. The number of thioether (sulfide) groups is 1. The summed E-state index contributed by atoms with van der Waals surface area (Å²) in [4.78, 5) is 24.7. The van der Waals surface area contributed by atoms with E-state index in [9.17, 15) is 4.79 Å². The molecule has 3 rings (SSSR count). The number of rotatable bonds is 14. The lowest BCUT2D eigenvalue weighted by molar-refractivity contribution is -0.134. The third-order valence-electron chi connectivity index (χ3n) is 6.17. The number of halogens is 1. The molecule has 1 atom stereocenters. The number of methoxy groups -OCH3 is 1. The Hall–Kier alpha value is -3.26. The summed E-state index contributed by atoms with van der Waals surface area (Å²) in [5.74, 6) is 0.730. The lowest BCUT2D eigenvalue weighted by atomic mass is 9.94. The van der Waals surface area contributed by atoms with Crippen LogP contribution < -0.4 is 10.1 Å². The maximum atomic E-state index is 15.3. The Morgan fingerprint density at radius 3 is 2.37 bits per heavy atom. The fourth-order valence-electron chi connectivity index (χ4n) is 4.27. The van der Waals surface area contributed by atoms with E-state index in [4.69, 9.17) is 14.6 Å². The standard InChI is InChI=1S/C29H37FN2O2S.CH2O2/c1-5-10-27(31-6-2)35-22(3)20-32(21-25(30)19-23-11-8-7-9-12-23)28(33)29(17-18-29)24-13-15-26(34-4)16-14-24;2-1-3/h7-16,25,31H,3,5-6,17-21H2,1-2,4H3;1H,(H,2,3)/b27-10+;.